The molecule has 0 spiro atoms. The summed E-state index contributed by atoms with van der Waals surface area (Å²) in [7, 11) is 0. The maximum atomic E-state index is 2.33. The van der Waals surface area contributed by atoms with E-state index in [0.29, 0.717) is 0 Å². The molecular formula is C17H20S. The summed E-state index contributed by atoms with van der Waals surface area (Å²) in [5.74, 6) is 0.890. The highest BCUT2D eigenvalue weighted by Gasteiger charge is 2.23. The van der Waals surface area contributed by atoms with Crippen LogP contribution in [0.25, 0.3) is 10.4 Å². The monoisotopic (exact) mass is 256 g/mol. The molecule has 0 nitrogen and oxygen atoms in total. The first-order chi connectivity index (χ1) is 8.88. The molecule has 0 aliphatic heterocycles. The number of hydrogen-bond donors (Lipinski definition) is 0. The second kappa shape index (κ2) is 5.27. The van der Waals surface area contributed by atoms with Crippen molar-refractivity contribution in [1.29, 1.82) is 0 Å². The highest BCUT2D eigenvalue weighted by Crippen LogP contribution is 2.38. The van der Waals surface area contributed by atoms with Crippen LogP contribution in [-0.4, -0.2) is 0 Å². The Kier molecular flexibility index (Phi) is 3.51. The Morgan fingerprint density at radius 3 is 2.89 bits per heavy atom. The lowest BCUT2D eigenvalue weighted by molar-refractivity contribution is 0.489. The van der Waals surface area contributed by atoms with E-state index in [1.54, 1.807) is 11.1 Å². The third-order valence-electron chi connectivity index (χ3n) is 4.03. The Labute approximate surface area is 114 Å². The minimum Gasteiger partial charge on any atom is -0.144 e. The van der Waals surface area contributed by atoms with Gasteiger partial charge in [0.1, 0.15) is 0 Å². The second-order valence-electron chi connectivity index (χ2n) is 5.34. The zero-order valence-corrected chi connectivity index (χ0v) is 11.8. The van der Waals surface area contributed by atoms with Gasteiger partial charge in [-0.3, -0.25) is 0 Å². The predicted octanol–water partition coefficient (Wildman–Crippen LogP) is 5.32. The molecule has 94 valence electrons. The van der Waals surface area contributed by atoms with Crippen LogP contribution in [0.2, 0.25) is 0 Å². The number of benzene rings is 1. The van der Waals surface area contributed by atoms with E-state index in [-0.39, 0.29) is 0 Å². The van der Waals surface area contributed by atoms with Crippen LogP contribution in [-0.2, 0) is 12.8 Å². The van der Waals surface area contributed by atoms with E-state index < -0.39 is 0 Å². The van der Waals surface area contributed by atoms with Crippen LogP contribution in [0.1, 0.15) is 37.3 Å². The molecular weight excluding hydrogens is 236 g/mol. The Morgan fingerprint density at radius 1 is 1.17 bits per heavy atom. The molecule has 1 heteroatoms. The van der Waals surface area contributed by atoms with Crippen molar-refractivity contribution in [1.82, 2.24) is 0 Å². The van der Waals surface area contributed by atoms with Crippen molar-refractivity contribution in [3.8, 4) is 10.4 Å². The largest absolute Gasteiger partial charge is 0.144 e. The van der Waals surface area contributed by atoms with E-state index in [1.807, 2.05) is 11.3 Å². The highest BCUT2D eigenvalue weighted by atomic mass is 32.1. The lowest BCUT2D eigenvalue weighted by atomic mass is 9.98. The molecule has 1 unspecified atom stereocenters. The highest BCUT2D eigenvalue weighted by molar-refractivity contribution is 7.13. The molecule has 0 N–H and O–H groups in total. The Balaban J connectivity index is 1.87. The molecule has 1 heterocycles. The number of unbranched alkanes of at least 4 members (excludes halogenated alkanes) is 1. The first-order valence-electron chi connectivity index (χ1n) is 7.03. The molecule has 2 aromatic rings. The quantitative estimate of drug-likeness (QED) is 0.694. The summed E-state index contributed by atoms with van der Waals surface area (Å²) in [4.78, 5) is 1.43. The molecule has 0 amide bonds. The first kappa shape index (κ1) is 12.0. The van der Waals surface area contributed by atoms with Crippen molar-refractivity contribution >= 4 is 11.3 Å². The van der Waals surface area contributed by atoms with E-state index in [1.165, 1.54) is 42.5 Å². The number of rotatable bonds is 4. The van der Waals surface area contributed by atoms with Gasteiger partial charge in [0.15, 0.2) is 0 Å². The van der Waals surface area contributed by atoms with Crippen molar-refractivity contribution < 1.29 is 0 Å². The lowest BCUT2D eigenvalue weighted by Crippen LogP contribution is -1.98. The standard InChI is InChI=1S/C17H20S/c1-2-3-6-13-11-14-7-4-8-15(16(14)12-13)17-9-5-10-18-17/h4-5,7-10,13H,2-3,6,11-12H2,1H3. The van der Waals surface area contributed by atoms with Crippen LogP contribution in [0.15, 0.2) is 35.7 Å². The van der Waals surface area contributed by atoms with E-state index in [0.717, 1.165) is 5.92 Å². The van der Waals surface area contributed by atoms with Gasteiger partial charge < -0.3 is 0 Å². The van der Waals surface area contributed by atoms with Crippen molar-refractivity contribution in [2.24, 2.45) is 5.92 Å². The summed E-state index contributed by atoms with van der Waals surface area (Å²) < 4.78 is 0. The summed E-state index contributed by atoms with van der Waals surface area (Å²) in [6, 6.07) is 11.3. The topological polar surface area (TPSA) is 0 Å². The number of hydrogen-bond acceptors (Lipinski definition) is 1. The van der Waals surface area contributed by atoms with Crippen molar-refractivity contribution in [2.75, 3.05) is 0 Å². The second-order valence-corrected chi connectivity index (χ2v) is 6.28. The molecule has 18 heavy (non-hydrogen) atoms. The predicted molar refractivity (Wildman–Crippen MR) is 80.2 cm³/mol. The molecule has 1 aliphatic rings. The molecule has 0 bridgehead atoms. The van der Waals surface area contributed by atoms with Gasteiger partial charge in [-0.15, -0.1) is 11.3 Å². The lowest BCUT2D eigenvalue weighted by Gasteiger charge is -2.07. The molecule has 0 saturated carbocycles. The third-order valence-corrected chi connectivity index (χ3v) is 4.93. The van der Waals surface area contributed by atoms with Gasteiger partial charge in [-0.05, 0) is 53.3 Å². The van der Waals surface area contributed by atoms with Crippen molar-refractivity contribution in [3.05, 3.63) is 46.8 Å². The van der Waals surface area contributed by atoms with Gasteiger partial charge in [0.05, 0.1) is 0 Å². The zero-order chi connectivity index (χ0) is 12.4. The normalized spacial score (nSPS) is 17.9. The van der Waals surface area contributed by atoms with Gasteiger partial charge in [0.25, 0.3) is 0 Å². The molecule has 0 fully saturated rings. The first-order valence-corrected chi connectivity index (χ1v) is 7.91. The smallest absolute Gasteiger partial charge is 0.0345 e. The van der Waals surface area contributed by atoms with Crippen LogP contribution in [0.4, 0.5) is 0 Å². The average molecular weight is 256 g/mol. The molecule has 0 saturated heterocycles. The maximum absolute atomic E-state index is 2.33. The van der Waals surface area contributed by atoms with Gasteiger partial charge in [0.2, 0.25) is 0 Å². The maximum Gasteiger partial charge on any atom is 0.0345 e. The minimum atomic E-state index is 0.890. The summed E-state index contributed by atoms with van der Waals surface area (Å²) in [6.07, 6.45) is 6.70. The van der Waals surface area contributed by atoms with E-state index in [4.69, 9.17) is 0 Å². The fourth-order valence-corrected chi connectivity index (χ4v) is 3.88. The molecule has 1 aromatic heterocycles. The Morgan fingerprint density at radius 2 is 2.11 bits per heavy atom. The van der Waals surface area contributed by atoms with Crippen LogP contribution >= 0.6 is 11.3 Å². The molecule has 1 atom stereocenters. The van der Waals surface area contributed by atoms with Gasteiger partial charge >= 0.3 is 0 Å². The van der Waals surface area contributed by atoms with Crippen LogP contribution in [0.3, 0.4) is 0 Å². The van der Waals surface area contributed by atoms with Crippen LogP contribution in [0, 0.1) is 5.92 Å². The zero-order valence-electron chi connectivity index (χ0n) is 11.0. The fraction of sp³-hybridized carbons (Fsp3) is 0.412. The summed E-state index contributed by atoms with van der Waals surface area (Å²) in [5, 5.41) is 2.18. The molecule has 1 aromatic carbocycles. The Bertz CT molecular complexity index is 510. The number of fused-ring (bicyclic) bond motifs is 1. The van der Waals surface area contributed by atoms with Gasteiger partial charge in [0, 0.05) is 4.88 Å². The summed E-state index contributed by atoms with van der Waals surface area (Å²) in [5.41, 5.74) is 4.71. The summed E-state index contributed by atoms with van der Waals surface area (Å²) in [6.45, 7) is 2.29. The van der Waals surface area contributed by atoms with Gasteiger partial charge in [-0.25, -0.2) is 0 Å². The summed E-state index contributed by atoms with van der Waals surface area (Å²) >= 11 is 1.86. The van der Waals surface area contributed by atoms with Gasteiger partial charge in [-0.1, -0.05) is 44.0 Å². The third kappa shape index (κ3) is 2.24. The average Bonchev–Trinajstić information content (AvgIpc) is 3.04. The van der Waals surface area contributed by atoms with Gasteiger partial charge in [-0.2, -0.15) is 0 Å². The van der Waals surface area contributed by atoms with Crippen LogP contribution in [0.5, 0.6) is 0 Å². The molecule has 3 rings (SSSR count). The molecule has 0 radical (unpaired) electrons. The minimum absolute atomic E-state index is 0.890. The Hall–Kier alpha value is -1.08. The fourth-order valence-electron chi connectivity index (χ4n) is 3.10. The molecule has 1 aliphatic carbocycles. The van der Waals surface area contributed by atoms with Crippen molar-refractivity contribution in [3.63, 3.8) is 0 Å². The van der Waals surface area contributed by atoms with Crippen LogP contribution < -0.4 is 0 Å². The van der Waals surface area contributed by atoms with Crippen molar-refractivity contribution in [2.45, 2.75) is 39.0 Å². The van der Waals surface area contributed by atoms with E-state index in [9.17, 15) is 0 Å². The van der Waals surface area contributed by atoms with E-state index in [2.05, 4.69) is 42.6 Å². The SMILES string of the molecule is CCCCC1Cc2cccc(-c3cccs3)c2C1. The number of thiophene rings is 1. The van der Waals surface area contributed by atoms with E-state index >= 15 is 0 Å².